The van der Waals surface area contributed by atoms with Crippen LogP contribution in [-0.2, 0) is 41.5 Å². The van der Waals surface area contributed by atoms with E-state index in [1.165, 1.54) is 0 Å². The number of fused-ring (bicyclic) bond motifs is 2. The highest BCUT2D eigenvalue weighted by molar-refractivity contribution is 6.62. The second-order valence-electron chi connectivity index (χ2n) is 5.39. The van der Waals surface area contributed by atoms with Crippen LogP contribution in [0, 0.1) is 0 Å². The van der Waals surface area contributed by atoms with Gasteiger partial charge in [0.05, 0.1) is 66.1 Å². The molecule has 1 aromatic rings. The zero-order chi connectivity index (χ0) is 15.7. The van der Waals surface area contributed by atoms with Gasteiger partial charge in [-0.25, -0.2) is 0 Å². The van der Waals surface area contributed by atoms with Crippen molar-refractivity contribution in [2.75, 3.05) is 52.9 Å². The quantitative estimate of drug-likeness (QED) is 0.702. The Kier molecular flexibility index (Phi) is 6.88. The summed E-state index contributed by atoms with van der Waals surface area (Å²) in [5.41, 5.74) is 3.18. The SMILES string of the molecule is c1cc2c(B3OCCO3)c(c1)COCCOCCOCCOC2. The molecule has 0 radical (unpaired) electrons. The normalized spacial score (nSPS) is 21.7. The molecule has 2 aliphatic rings. The van der Waals surface area contributed by atoms with Crippen LogP contribution in [0.25, 0.3) is 0 Å². The van der Waals surface area contributed by atoms with Crippen LogP contribution >= 0.6 is 0 Å². The van der Waals surface area contributed by atoms with E-state index in [-0.39, 0.29) is 7.12 Å². The zero-order valence-electron chi connectivity index (χ0n) is 13.3. The summed E-state index contributed by atoms with van der Waals surface area (Å²) in [4.78, 5) is 0. The first kappa shape index (κ1) is 16.9. The molecule has 1 fully saturated rings. The predicted molar refractivity (Wildman–Crippen MR) is 84.7 cm³/mol. The van der Waals surface area contributed by atoms with Crippen molar-refractivity contribution in [3.8, 4) is 0 Å². The molecule has 126 valence electrons. The fraction of sp³-hybridized carbons (Fsp3) is 0.625. The number of hydrogen-bond donors (Lipinski definition) is 0. The Morgan fingerprint density at radius 1 is 0.609 bits per heavy atom. The summed E-state index contributed by atoms with van der Waals surface area (Å²) in [6, 6.07) is 6.11. The molecule has 0 amide bonds. The molecule has 2 heterocycles. The highest BCUT2D eigenvalue weighted by Crippen LogP contribution is 2.12. The van der Waals surface area contributed by atoms with Gasteiger partial charge in [-0.15, -0.1) is 0 Å². The third-order valence-electron chi connectivity index (χ3n) is 3.78. The van der Waals surface area contributed by atoms with Crippen LogP contribution in [0.1, 0.15) is 11.1 Å². The van der Waals surface area contributed by atoms with Gasteiger partial charge in [0.2, 0.25) is 0 Å². The predicted octanol–water partition coefficient (Wildman–Crippen LogP) is 0.509. The average molecular weight is 322 g/mol. The van der Waals surface area contributed by atoms with Crippen LogP contribution in [0.2, 0.25) is 0 Å². The molecule has 0 spiro atoms. The molecule has 7 heteroatoms. The first-order chi connectivity index (χ1) is 11.4. The number of benzene rings is 1. The summed E-state index contributed by atoms with van der Waals surface area (Å²) in [7, 11) is -0.336. The van der Waals surface area contributed by atoms with E-state index < -0.39 is 0 Å². The monoisotopic (exact) mass is 322 g/mol. The summed E-state index contributed by atoms with van der Waals surface area (Å²) in [6.07, 6.45) is 0. The third-order valence-corrected chi connectivity index (χ3v) is 3.78. The Balaban J connectivity index is 1.75. The topological polar surface area (TPSA) is 55.4 Å². The molecule has 0 atom stereocenters. The molecule has 2 aliphatic heterocycles. The van der Waals surface area contributed by atoms with E-state index in [9.17, 15) is 0 Å². The third kappa shape index (κ3) is 5.01. The van der Waals surface area contributed by atoms with Gasteiger partial charge in [0.1, 0.15) is 0 Å². The smallest absolute Gasteiger partial charge is 0.405 e. The summed E-state index contributed by atoms with van der Waals surface area (Å²) in [5.74, 6) is 0. The van der Waals surface area contributed by atoms with E-state index in [0.717, 1.165) is 16.6 Å². The van der Waals surface area contributed by atoms with Crippen LogP contribution in [0.15, 0.2) is 18.2 Å². The molecule has 0 aromatic heterocycles. The zero-order valence-corrected chi connectivity index (χ0v) is 13.3. The Bertz CT molecular complexity index is 445. The molecule has 1 aromatic carbocycles. The van der Waals surface area contributed by atoms with Gasteiger partial charge in [0, 0.05) is 0 Å². The molecule has 0 unspecified atom stereocenters. The van der Waals surface area contributed by atoms with E-state index in [4.69, 9.17) is 28.3 Å². The summed E-state index contributed by atoms with van der Waals surface area (Å²) < 4.78 is 33.8. The highest BCUT2D eigenvalue weighted by atomic mass is 16.6. The van der Waals surface area contributed by atoms with E-state index in [1.54, 1.807) is 0 Å². The van der Waals surface area contributed by atoms with Crippen LogP contribution in [0.4, 0.5) is 0 Å². The van der Waals surface area contributed by atoms with Gasteiger partial charge in [-0.2, -0.15) is 0 Å². The van der Waals surface area contributed by atoms with Crippen molar-refractivity contribution in [1.82, 2.24) is 0 Å². The fourth-order valence-electron chi connectivity index (χ4n) is 2.67. The lowest BCUT2D eigenvalue weighted by Gasteiger charge is -2.16. The molecular formula is C16H23BO6. The van der Waals surface area contributed by atoms with E-state index >= 15 is 0 Å². The molecule has 2 bridgehead atoms. The van der Waals surface area contributed by atoms with Crippen LogP contribution in [-0.4, -0.2) is 60.0 Å². The number of rotatable bonds is 1. The molecule has 6 nitrogen and oxygen atoms in total. The Morgan fingerprint density at radius 2 is 1.09 bits per heavy atom. The van der Waals surface area contributed by atoms with E-state index in [0.29, 0.717) is 66.1 Å². The van der Waals surface area contributed by atoms with Crippen molar-refractivity contribution >= 4 is 12.6 Å². The molecule has 3 rings (SSSR count). The summed E-state index contributed by atoms with van der Waals surface area (Å²) in [5, 5.41) is 0. The number of hydrogen-bond acceptors (Lipinski definition) is 6. The van der Waals surface area contributed by atoms with Crippen molar-refractivity contribution in [2.45, 2.75) is 13.2 Å². The second kappa shape index (κ2) is 9.37. The molecular weight excluding hydrogens is 299 g/mol. The van der Waals surface area contributed by atoms with Crippen LogP contribution in [0.5, 0.6) is 0 Å². The van der Waals surface area contributed by atoms with Crippen molar-refractivity contribution in [3.63, 3.8) is 0 Å². The van der Waals surface area contributed by atoms with Gasteiger partial charge in [0.25, 0.3) is 0 Å². The van der Waals surface area contributed by atoms with Gasteiger partial charge >= 0.3 is 7.12 Å². The lowest BCUT2D eigenvalue weighted by atomic mass is 9.73. The van der Waals surface area contributed by atoms with E-state index in [2.05, 4.69) is 0 Å². The minimum atomic E-state index is -0.336. The Morgan fingerprint density at radius 3 is 1.61 bits per heavy atom. The van der Waals surface area contributed by atoms with Gasteiger partial charge < -0.3 is 28.3 Å². The Hall–Kier alpha value is -0.955. The maximum absolute atomic E-state index is 5.73. The minimum Gasteiger partial charge on any atom is -0.405 e. The summed E-state index contributed by atoms with van der Waals surface area (Å²) >= 11 is 0. The molecule has 0 aliphatic carbocycles. The van der Waals surface area contributed by atoms with Crippen molar-refractivity contribution in [3.05, 3.63) is 29.3 Å². The molecule has 23 heavy (non-hydrogen) atoms. The Labute approximate surface area is 137 Å². The van der Waals surface area contributed by atoms with Gasteiger partial charge in [0.15, 0.2) is 0 Å². The van der Waals surface area contributed by atoms with Gasteiger partial charge in [-0.05, 0) is 16.6 Å². The molecule has 0 saturated carbocycles. The molecule has 0 N–H and O–H groups in total. The fourth-order valence-corrected chi connectivity index (χ4v) is 2.67. The maximum atomic E-state index is 5.73. The van der Waals surface area contributed by atoms with Crippen LogP contribution < -0.4 is 5.46 Å². The first-order valence-electron chi connectivity index (χ1n) is 8.10. The standard InChI is InChI=1S/C16H23BO6/c1-2-14-12-20-8-6-18-4-5-19-7-9-21-13-15(3-1)16(14)17-22-10-11-23-17/h1-3H,4-13H2. The summed E-state index contributed by atoms with van der Waals surface area (Å²) in [6.45, 7) is 5.61. The van der Waals surface area contributed by atoms with Crippen molar-refractivity contribution < 1.29 is 28.3 Å². The maximum Gasteiger partial charge on any atom is 0.494 e. The average Bonchev–Trinajstić information content (AvgIpc) is 3.09. The lowest BCUT2D eigenvalue weighted by molar-refractivity contribution is -0.00523. The highest BCUT2D eigenvalue weighted by Gasteiger charge is 2.31. The van der Waals surface area contributed by atoms with Gasteiger partial charge in [-0.1, -0.05) is 18.2 Å². The van der Waals surface area contributed by atoms with E-state index in [1.807, 2.05) is 18.2 Å². The molecule has 1 saturated heterocycles. The lowest BCUT2D eigenvalue weighted by Crippen LogP contribution is -2.38. The van der Waals surface area contributed by atoms with Gasteiger partial charge in [-0.3, -0.25) is 0 Å². The van der Waals surface area contributed by atoms with Crippen LogP contribution in [0.3, 0.4) is 0 Å². The van der Waals surface area contributed by atoms with Crippen molar-refractivity contribution in [2.24, 2.45) is 0 Å². The largest absolute Gasteiger partial charge is 0.494 e. The number of ether oxygens (including phenoxy) is 4. The van der Waals surface area contributed by atoms with Crippen molar-refractivity contribution in [1.29, 1.82) is 0 Å². The second-order valence-corrected chi connectivity index (χ2v) is 5.39. The first-order valence-corrected chi connectivity index (χ1v) is 8.10. The minimum absolute atomic E-state index is 0.336.